The zero-order chi connectivity index (χ0) is 15.7. The Morgan fingerprint density at radius 3 is 2.38 bits per heavy atom. The molecule has 0 spiro atoms. The summed E-state index contributed by atoms with van der Waals surface area (Å²) in [7, 11) is 1.54. The van der Waals surface area contributed by atoms with Gasteiger partial charge in [0.25, 0.3) is 0 Å². The van der Waals surface area contributed by atoms with Gasteiger partial charge in [0, 0.05) is 13.1 Å². The molecule has 0 atom stereocenters. The maximum atomic E-state index is 12.9. The van der Waals surface area contributed by atoms with E-state index in [2.05, 4.69) is 24.1 Å². The SMILES string of the molecule is CNc1cc(C(F)(F)F)cc(OC2CCC(C)(C)CC2)n1. The Bertz CT molecular complexity index is 490. The van der Waals surface area contributed by atoms with E-state index >= 15 is 0 Å². The topological polar surface area (TPSA) is 34.1 Å². The molecule has 1 saturated carbocycles. The van der Waals surface area contributed by atoms with Gasteiger partial charge in [-0.15, -0.1) is 0 Å². The van der Waals surface area contributed by atoms with Gasteiger partial charge in [-0.05, 0) is 37.2 Å². The van der Waals surface area contributed by atoms with Crippen molar-refractivity contribution in [1.29, 1.82) is 0 Å². The molecule has 1 aliphatic rings. The van der Waals surface area contributed by atoms with Crippen molar-refractivity contribution < 1.29 is 17.9 Å². The summed E-state index contributed by atoms with van der Waals surface area (Å²) >= 11 is 0. The lowest BCUT2D eigenvalue weighted by Gasteiger charge is -2.34. The lowest BCUT2D eigenvalue weighted by atomic mass is 9.76. The third-order valence-electron chi connectivity index (χ3n) is 3.96. The van der Waals surface area contributed by atoms with Gasteiger partial charge < -0.3 is 10.1 Å². The van der Waals surface area contributed by atoms with E-state index in [-0.39, 0.29) is 23.2 Å². The van der Waals surface area contributed by atoms with Gasteiger partial charge in [-0.2, -0.15) is 18.2 Å². The molecule has 1 aromatic rings. The van der Waals surface area contributed by atoms with Crippen LogP contribution in [0.4, 0.5) is 19.0 Å². The van der Waals surface area contributed by atoms with E-state index in [0.29, 0.717) is 0 Å². The molecule has 21 heavy (non-hydrogen) atoms. The van der Waals surface area contributed by atoms with E-state index in [4.69, 9.17) is 4.74 Å². The monoisotopic (exact) mass is 302 g/mol. The molecule has 118 valence electrons. The fourth-order valence-corrected chi connectivity index (χ4v) is 2.52. The minimum Gasteiger partial charge on any atom is -0.474 e. The van der Waals surface area contributed by atoms with Crippen LogP contribution < -0.4 is 10.1 Å². The zero-order valence-corrected chi connectivity index (χ0v) is 12.5. The summed E-state index contributed by atoms with van der Waals surface area (Å²) in [6, 6.07) is 1.96. The number of aromatic nitrogens is 1. The van der Waals surface area contributed by atoms with Crippen LogP contribution in [0.5, 0.6) is 5.88 Å². The number of alkyl halides is 3. The Morgan fingerprint density at radius 1 is 1.24 bits per heavy atom. The molecule has 0 unspecified atom stereocenters. The molecule has 3 nitrogen and oxygen atoms in total. The number of halogens is 3. The smallest absolute Gasteiger partial charge is 0.416 e. The molecule has 1 fully saturated rings. The van der Waals surface area contributed by atoms with Crippen LogP contribution in [-0.4, -0.2) is 18.1 Å². The Labute approximate surface area is 122 Å². The summed E-state index contributed by atoms with van der Waals surface area (Å²) in [6.07, 6.45) is -0.745. The molecular weight excluding hydrogens is 281 g/mol. The first kappa shape index (κ1) is 15.9. The molecule has 1 aliphatic carbocycles. The molecule has 2 rings (SSSR count). The summed E-state index contributed by atoms with van der Waals surface area (Å²) in [5, 5.41) is 2.64. The fraction of sp³-hybridized carbons (Fsp3) is 0.667. The van der Waals surface area contributed by atoms with Crippen LogP contribution in [0.2, 0.25) is 0 Å². The third-order valence-corrected chi connectivity index (χ3v) is 3.96. The molecule has 0 amide bonds. The van der Waals surface area contributed by atoms with Gasteiger partial charge in [0.05, 0.1) is 5.56 Å². The molecule has 0 bridgehead atoms. The maximum absolute atomic E-state index is 12.9. The Kier molecular flexibility index (Phi) is 4.35. The Balaban J connectivity index is 2.13. The van der Waals surface area contributed by atoms with Crippen molar-refractivity contribution in [2.45, 2.75) is 51.8 Å². The van der Waals surface area contributed by atoms with Gasteiger partial charge >= 0.3 is 6.18 Å². The predicted molar refractivity (Wildman–Crippen MR) is 75.5 cm³/mol. The van der Waals surface area contributed by atoms with Crippen molar-refractivity contribution in [2.75, 3.05) is 12.4 Å². The number of hydrogen-bond acceptors (Lipinski definition) is 3. The number of pyridine rings is 1. The fourth-order valence-electron chi connectivity index (χ4n) is 2.52. The minimum atomic E-state index is -4.40. The lowest BCUT2D eigenvalue weighted by molar-refractivity contribution is -0.137. The number of anilines is 1. The first-order chi connectivity index (χ1) is 9.69. The largest absolute Gasteiger partial charge is 0.474 e. The van der Waals surface area contributed by atoms with Crippen LogP contribution in [0.1, 0.15) is 45.1 Å². The molecule has 1 aromatic heterocycles. The highest BCUT2D eigenvalue weighted by Crippen LogP contribution is 2.37. The van der Waals surface area contributed by atoms with E-state index < -0.39 is 11.7 Å². The second-order valence-corrected chi connectivity index (χ2v) is 6.31. The van der Waals surface area contributed by atoms with Gasteiger partial charge in [0.1, 0.15) is 11.9 Å². The van der Waals surface area contributed by atoms with Gasteiger partial charge in [-0.3, -0.25) is 0 Å². The Morgan fingerprint density at radius 2 is 1.86 bits per heavy atom. The molecule has 6 heteroatoms. The Hall–Kier alpha value is -1.46. The average Bonchev–Trinajstić information content (AvgIpc) is 2.40. The van der Waals surface area contributed by atoms with Crippen molar-refractivity contribution in [3.8, 4) is 5.88 Å². The van der Waals surface area contributed by atoms with Crippen LogP contribution in [0, 0.1) is 5.41 Å². The summed E-state index contributed by atoms with van der Waals surface area (Å²) in [5.41, 5.74) is -0.454. The van der Waals surface area contributed by atoms with Crippen LogP contribution >= 0.6 is 0 Å². The number of hydrogen-bond donors (Lipinski definition) is 1. The highest BCUT2D eigenvalue weighted by molar-refractivity contribution is 5.42. The summed E-state index contributed by atoms with van der Waals surface area (Å²) in [6.45, 7) is 4.40. The number of rotatable bonds is 3. The molecule has 1 heterocycles. The highest BCUT2D eigenvalue weighted by Gasteiger charge is 2.33. The molecule has 0 saturated heterocycles. The highest BCUT2D eigenvalue weighted by atomic mass is 19.4. The second kappa shape index (κ2) is 5.73. The van der Waals surface area contributed by atoms with Crippen molar-refractivity contribution in [3.05, 3.63) is 17.7 Å². The lowest BCUT2D eigenvalue weighted by Crippen LogP contribution is -2.28. The first-order valence-corrected chi connectivity index (χ1v) is 7.13. The standard InChI is InChI=1S/C15H21F3N2O/c1-14(2)6-4-11(5-7-14)21-13-9-10(15(16,17)18)8-12(19-3)20-13/h8-9,11H,4-7H2,1-3H3,(H,19,20). The minimum absolute atomic E-state index is 0.0406. The maximum Gasteiger partial charge on any atom is 0.416 e. The van der Waals surface area contributed by atoms with Crippen molar-refractivity contribution in [1.82, 2.24) is 4.98 Å². The summed E-state index contributed by atoms with van der Waals surface area (Å²) < 4.78 is 44.2. The van der Waals surface area contributed by atoms with E-state index in [1.165, 1.54) is 7.05 Å². The number of ether oxygens (including phenoxy) is 1. The predicted octanol–water partition coefficient (Wildman–Crippen LogP) is 4.49. The van der Waals surface area contributed by atoms with Crippen molar-refractivity contribution in [3.63, 3.8) is 0 Å². The van der Waals surface area contributed by atoms with Crippen LogP contribution in [0.15, 0.2) is 12.1 Å². The average molecular weight is 302 g/mol. The van der Waals surface area contributed by atoms with Gasteiger partial charge in [-0.25, -0.2) is 0 Å². The van der Waals surface area contributed by atoms with E-state index in [0.717, 1.165) is 37.8 Å². The van der Waals surface area contributed by atoms with Crippen molar-refractivity contribution in [2.24, 2.45) is 5.41 Å². The second-order valence-electron chi connectivity index (χ2n) is 6.31. The van der Waals surface area contributed by atoms with Gasteiger partial charge in [-0.1, -0.05) is 13.8 Å². The molecule has 1 N–H and O–H groups in total. The first-order valence-electron chi connectivity index (χ1n) is 7.13. The molecule has 0 aliphatic heterocycles. The van der Waals surface area contributed by atoms with Gasteiger partial charge in [0.15, 0.2) is 0 Å². The number of nitrogens with one attached hydrogen (secondary N) is 1. The van der Waals surface area contributed by atoms with Crippen molar-refractivity contribution >= 4 is 5.82 Å². The summed E-state index contributed by atoms with van der Waals surface area (Å²) in [4.78, 5) is 4.06. The van der Waals surface area contributed by atoms with Gasteiger partial charge in [0.2, 0.25) is 5.88 Å². The third kappa shape index (κ3) is 4.25. The normalized spacial score (nSPS) is 19.3. The van der Waals surface area contributed by atoms with E-state index in [1.54, 1.807) is 0 Å². The molecule has 0 radical (unpaired) electrons. The van der Waals surface area contributed by atoms with Crippen LogP contribution in [-0.2, 0) is 6.18 Å². The zero-order valence-electron chi connectivity index (χ0n) is 12.5. The molecule has 0 aromatic carbocycles. The number of nitrogens with zero attached hydrogens (tertiary/aromatic N) is 1. The van der Waals surface area contributed by atoms with E-state index in [9.17, 15) is 13.2 Å². The van der Waals surface area contributed by atoms with Crippen LogP contribution in [0.3, 0.4) is 0 Å². The molecular formula is C15H21F3N2O. The van der Waals surface area contributed by atoms with Crippen LogP contribution in [0.25, 0.3) is 0 Å². The van der Waals surface area contributed by atoms with E-state index in [1.807, 2.05) is 0 Å². The quantitative estimate of drug-likeness (QED) is 0.893. The summed E-state index contributed by atoms with van der Waals surface area (Å²) in [5.74, 6) is 0.204.